The molecule has 0 saturated heterocycles. The van der Waals surface area contributed by atoms with Crippen molar-refractivity contribution in [2.24, 2.45) is 5.92 Å². The Hall–Kier alpha value is -2.04. The highest BCUT2D eigenvalue weighted by Crippen LogP contribution is 2.32. The minimum Gasteiger partial charge on any atom is -0.492 e. The number of hydrogen-bond donors (Lipinski definition) is 1. The van der Waals surface area contributed by atoms with E-state index >= 15 is 0 Å². The number of carboxylic acid groups (broad SMARTS) is 1. The lowest BCUT2D eigenvalue weighted by atomic mass is 9.95. The third kappa shape index (κ3) is 3.17. The van der Waals surface area contributed by atoms with Crippen LogP contribution in [-0.2, 0) is 16.0 Å². The minimum atomic E-state index is -0.862. The maximum absolute atomic E-state index is 12.7. The lowest BCUT2D eigenvalue weighted by Gasteiger charge is -2.30. The second-order valence-corrected chi connectivity index (χ2v) is 5.73. The molecule has 112 valence electrons. The first-order valence-electron chi connectivity index (χ1n) is 7.38. The van der Waals surface area contributed by atoms with Gasteiger partial charge in [-0.05, 0) is 30.9 Å². The van der Waals surface area contributed by atoms with Gasteiger partial charge >= 0.3 is 5.97 Å². The molecule has 3 rings (SSSR count). The molecule has 0 spiro atoms. The number of ether oxygens (including phenoxy) is 1. The van der Waals surface area contributed by atoms with Crippen LogP contribution < -0.4 is 4.74 Å². The van der Waals surface area contributed by atoms with Gasteiger partial charge in [-0.25, -0.2) is 0 Å². The van der Waals surface area contributed by atoms with Gasteiger partial charge in [0.1, 0.15) is 12.4 Å². The monoisotopic (exact) mass is 289 g/mol. The van der Waals surface area contributed by atoms with Crippen molar-refractivity contribution in [3.63, 3.8) is 0 Å². The lowest BCUT2D eigenvalue weighted by Crippen LogP contribution is -2.43. The van der Waals surface area contributed by atoms with Crippen LogP contribution in [0.25, 0.3) is 0 Å². The van der Waals surface area contributed by atoms with Gasteiger partial charge in [-0.2, -0.15) is 0 Å². The Morgan fingerprint density at radius 2 is 2.05 bits per heavy atom. The number of para-hydroxylation sites is 1. The number of hydrogen-bond acceptors (Lipinski definition) is 3. The average molecular weight is 289 g/mol. The minimum absolute atomic E-state index is 0.00635. The van der Waals surface area contributed by atoms with Crippen LogP contribution in [-0.4, -0.2) is 41.1 Å². The second-order valence-electron chi connectivity index (χ2n) is 5.73. The van der Waals surface area contributed by atoms with Crippen LogP contribution in [0.1, 0.15) is 24.8 Å². The van der Waals surface area contributed by atoms with Crippen LogP contribution in [0.2, 0.25) is 0 Å². The number of carbonyl (C=O) groups excluding carboxylic acids is 1. The van der Waals surface area contributed by atoms with E-state index in [0.717, 1.165) is 24.2 Å². The van der Waals surface area contributed by atoms with E-state index in [0.29, 0.717) is 19.6 Å². The van der Waals surface area contributed by atoms with Crippen molar-refractivity contribution in [3.8, 4) is 5.75 Å². The van der Waals surface area contributed by atoms with Crippen LogP contribution in [0.4, 0.5) is 0 Å². The van der Waals surface area contributed by atoms with E-state index in [1.165, 1.54) is 0 Å². The molecule has 0 aromatic heterocycles. The normalized spacial score (nSPS) is 20.3. The number of amides is 1. The Balaban J connectivity index is 1.68. The summed E-state index contributed by atoms with van der Waals surface area (Å²) in [7, 11) is 0. The summed E-state index contributed by atoms with van der Waals surface area (Å²) in [5.74, 6) is -0.175. The highest BCUT2D eigenvalue weighted by Gasteiger charge is 2.37. The van der Waals surface area contributed by atoms with Gasteiger partial charge in [0.25, 0.3) is 0 Å². The second kappa shape index (κ2) is 5.76. The number of rotatable bonds is 5. The fourth-order valence-corrected chi connectivity index (χ4v) is 2.80. The zero-order valence-corrected chi connectivity index (χ0v) is 11.8. The summed E-state index contributed by atoms with van der Waals surface area (Å²) in [6, 6.07) is 7.99. The van der Waals surface area contributed by atoms with Gasteiger partial charge < -0.3 is 14.7 Å². The van der Waals surface area contributed by atoms with Crippen LogP contribution in [0.5, 0.6) is 5.75 Å². The summed E-state index contributed by atoms with van der Waals surface area (Å²) in [5.41, 5.74) is 1.05. The summed E-state index contributed by atoms with van der Waals surface area (Å²) < 4.78 is 5.67. The molecular weight excluding hydrogens is 270 g/mol. The van der Waals surface area contributed by atoms with Crippen molar-refractivity contribution < 1.29 is 19.4 Å². The Morgan fingerprint density at radius 1 is 1.29 bits per heavy atom. The molecule has 0 radical (unpaired) electrons. The zero-order valence-electron chi connectivity index (χ0n) is 11.8. The Morgan fingerprint density at radius 3 is 2.76 bits per heavy atom. The van der Waals surface area contributed by atoms with Gasteiger partial charge in [0, 0.05) is 12.6 Å². The highest BCUT2D eigenvalue weighted by atomic mass is 16.5. The van der Waals surface area contributed by atoms with Gasteiger partial charge in [0.15, 0.2) is 0 Å². The van der Waals surface area contributed by atoms with Gasteiger partial charge in [-0.15, -0.1) is 0 Å². The molecule has 5 heteroatoms. The fourth-order valence-electron chi connectivity index (χ4n) is 2.80. The maximum atomic E-state index is 12.7. The van der Waals surface area contributed by atoms with E-state index in [1.54, 1.807) is 4.90 Å². The maximum Gasteiger partial charge on any atom is 0.305 e. The third-order valence-electron chi connectivity index (χ3n) is 4.07. The summed E-state index contributed by atoms with van der Waals surface area (Å²) >= 11 is 0. The number of carboxylic acids is 1. The van der Waals surface area contributed by atoms with Crippen molar-refractivity contribution in [1.82, 2.24) is 4.90 Å². The molecule has 1 heterocycles. The highest BCUT2D eigenvalue weighted by molar-refractivity contribution is 5.81. The molecule has 1 N–H and O–H groups in total. The summed E-state index contributed by atoms with van der Waals surface area (Å²) in [6.07, 6.45) is 2.64. The molecule has 1 amide bonds. The topological polar surface area (TPSA) is 66.8 Å². The average Bonchev–Trinajstić information content (AvgIpc) is 3.31. The summed E-state index contributed by atoms with van der Waals surface area (Å²) in [6.45, 7) is 0.684. The van der Waals surface area contributed by atoms with E-state index in [-0.39, 0.29) is 24.3 Å². The first kappa shape index (κ1) is 13.9. The van der Waals surface area contributed by atoms with Gasteiger partial charge in [-0.3, -0.25) is 9.59 Å². The molecule has 1 aliphatic carbocycles. The number of carbonyl (C=O) groups is 2. The smallest absolute Gasteiger partial charge is 0.305 e. The molecular formula is C16H19NO4. The zero-order chi connectivity index (χ0) is 14.8. The SMILES string of the molecule is O=C(O)CCN(C(=O)C1COc2ccccc2C1)C1CC1. The molecule has 1 aromatic rings. The quantitative estimate of drug-likeness (QED) is 0.896. The Labute approximate surface area is 123 Å². The lowest BCUT2D eigenvalue weighted by molar-refractivity contribution is -0.140. The molecule has 5 nitrogen and oxygen atoms in total. The van der Waals surface area contributed by atoms with E-state index in [1.807, 2.05) is 24.3 Å². The van der Waals surface area contributed by atoms with Crippen molar-refractivity contribution in [2.45, 2.75) is 31.7 Å². The van der Waals surface area contributed by atoms with Crippen molar-refractivity contribution >= 4 is 11.9 Å². The molecule has 0 bridgehead atoms. The van der Waals surface area contributed by atoms with Crippen LogP contribution in [0.3, 0.4) is 0 Å². The third-order valence-corrected chi connectivity index (χ3v) is 4.07. The van der Waals surface area contributed by atoms with Crippen LogP contribution in [0, 0.1) is 5.92 Å². The summed E-state index contributed by atoms with van der Waals surface area (Å²) in [5, 5.41) is 8.82. The first-order chi connectivity index (χ1) is 10.1. The largest absolute Gasteiger partial charge is 0.492 e. The number of benzene rings is 1. The molecule has 1 fully saturated rings. The fraction of sp³-hybridized carbons (Fsp3) is 0.500. The van der Waals surface area contributed by atoms with Crippen molar-refractivity contribution in [3.05, 3.63) is 29.8 Å². The number of nitrogens with zero attached hydrogens (tertiary/aromatic N) is 1. The number of fused-ring (bicyclic) bond motifs is 1. The predicted molar refractivity (Wildman–Crippen MR) is 76.1 cm³/mol. The van der Waals surface area contributed by atoms with E-state index in [9.17, 15) is 9.59 Å². The van der Waals surface area contributed by atoms with Crippen molar-refractivity contribution in [2.75, 3.05) is 13.2 Å². The van der Waals surface area contributed by atoms with E-state index in [4.69, 9.17) is 9.84 Å². The predicted octanol–water partition coefficient (Wildman–Crippen LogP) is 1.70. The van der Waals surface area contributed by atoms with Gasteiger partial charge in [0.2, 0.25) is 5.91 Å². The van der Waals surface area contributed by atoms with E-state index in [2.05, 4.69) is 0 Å². The molecule has 21 heavy (non-hydrogen) atoms. The van der Waals surface area contributed by atoms with Gasteiger partial charge in [-0.1, -0.05) is 18.2 Å². The Kier molecular flexibility index (Phi) is 3.82. The molecule has 1 unspecified atom stereocenters. The Bertz CT molecular complexity index is 553. The van der Waals surface area contributed by atoms with Crippen molar-refractivity contribution in [1.29, 1.82) is 0 Å². The molecule has 1 aromatic carbocycles. The van der Waals surface area contributed by atoms with Gasteiger partial charge in [0.05, 0.1) is 12.3 Å². The molecule has 1 saturated carbocycles. The number of aliphatic carboxylic acids is 1. The molecule has 1 aliphatic heterocycles. The van der Waals surface area contributed by atoms with Crippen LogP contribution in [0.15, 0.2) is 24.3 Å². The van der Waals surface area contributed by atoms with Crippen LogP contribution >= 0.6 is 0 Å². The first-order valence-corrected chi connectivity index (χ1v) is 7.38. The summed E-state index contributed by atoms with van der Waals surface area (Å²) in [4.78, 5) is 25.1. The molecule has 1 atom stereocenters. The standard InChI is InChI=1S/C16H19NO4/c18-15(19)7-8-17(13-5-6-13)16(20)12-9-11-3-1-2-4-14(11)21-10-12/h1-4,12-13H,5-10H2,(H,18,19). The van der Waals surface area contributed by atoms with E-state index < -0.39 is 5.97 Å². The molecule has 2 aliphatic rings.